The number of carbonyl (C=O) groups is 2. The molecule has 188 valence electrons. The topological polar surface area (TPSA) is 101 Å². The first kappa shape index (κ1) is 26.2. The molecule has 0 aliphatic heterocycles. The SMILES string of the molecule is CC(C)(C)N(C(=O)O)[C@@H](COCc1ccccc1)C(=O)Nc1nc2ccc(OC(F)(F)F)cc2s1. The molecule has 3 rings (SSSR count). The number of carbonyl (C=O) groups excluding carboxylic acids is 1. The van der Waals surface area contributed by atoms with E-state index in [9.17, 15) is 27.9 Å². The number of aromatic nitrogens is 1. The summed E-state index contributed by atoms with van der Waals surface area (Å²) in [7, 11) is 0. The first-order chi connectivity index (χ1) is 16.3. The molecule has 12 heteroatoms. The quantitative estimate of drug-likeness (QED) is 0.414. The zero-order valence-electron chi connectivity index (χ0n) is 19.1. The molecule has 2 aromatic carbocycles. The molecule has 0 bridgehead atoms. The molecule has 35 heavy (non-hydrogen) atoms. The van der Waals surface area contributed by atoms with Crippen LogP contribution in [0.15, 0.2) is 48.5 Å². The lowest BCUT2D eigenvalue weighted by molar-refractivity contribution is -0.274. The number of hydrogen-bond acceptors (Lipinski definition) is 6. The highest BCUT2D eigenvalue weighted by Gasteiger charge is 2.38. The molecular formula is C23H24F3N3O5S. The van der Waals surface area contributed by atoms with Crippen molar-refractivity contribution in [1.29, 1.82) is 0 Å². The Balaban J connectivity index is 1.80. The fourth-order valence-electron chi connectivity index (χ4n) is 3.36. The minimum absolute atomic E-state index is 0.0986. The molecule has 0 aliphatic carbocycles. The smallest absolute Gasteiger partial charge is 0.465 e. The number of carboxylic acid groups (broad SMARTS) is 1. The van der Waals surface area contributed by atoms with Gasteiger partial charge in [0.1, 0.15) is 11.8 Å². The number of ether oxygens (including phenoxy) is 2. The summed E-state index contributed by atoms with van der Waals surface area (Å²) in [5, 5.41) is 12.5. The van der Waals surface area contributed by atoms with Crippen LogP contribution in [0.1, 0.15) is 26.3 Å². The van der Waals surface area contributed by atoms with Gasteiger partial charge < -0.3 is 19.9 Å². The Labute approximate surface area is 203 Å². The average Bonchev–Trinajstić information content (AvgIpc) is 3.12. The van der Waals surface area contributed by atoms with Gasteiger partial charge >= 0.3 is 12.5 Å². The minimum atomic E-state index is -4.84. The van der Waals surface area contributed by atoms with Crippen molar-refractivity contribution in [3.05, 3.63) is 54.1 Å². The fourth-order valence-corrected chi connectivity index (χ4v) is 4.26. The monoisotopic (exact) mass is 511 g/mol. The number of amides is 2. The zero-order chi connectivity index (χ0) is 25.8. The molecule has 0 saturated carbocycles. The normalized spacial score (nSPS) is 12.9. The lowest BCUT2D eigenvalue weighted by Gasteiger charge is -2.38. The molecule has 0 aliphatic rings. The van der Waals surface area contributed by atoms with Gasteiger partial charge in [0.2, 0.25) is 0 Å². The number of alkyl halides is 3. The van der Waals surface area contributed by atoms with E-state index in [-0.39, 0.29) is 18.3 Å². The van der Waals surface area contributed by atoms with Gasteiger partial charge in [-0.15, -0.1) is 13.2 Å². The zero-order valence-corrected chi connectivity index (χ0v) is 19.9. The van der Waals surface area contributed by atoms with Crippen molar-refractivity contribution in [2.45, 2.75) is 45.3 Å². The van der Waals surface area contributed by atoms with Crippen LogP contribution in [0.5, 0.6) is 5.75 Å². The third-order valence-corrected chi connectivity index (χ3v) is 5.69. The van der Waals surface area contributed by atoms with Crippen LogP contribution in [0.2, 0.25) is 0 Å². The number of nitrogens with one attached hydrogen (secondary N) is 1. The van der Waals surface area contributed by atoms with Gasteiger partial charge in [-0.3, -0.25) is 9.69 Å². The molecule has 1 heterocycles. The van der Waals surface area contributed by atoms with Gasteiger partial charge in [0, 0.05) is 11.6 Å². The van der Waals surface area contributed by atoms with Crippen LogP contribution in [0.4, 0.5) is 23.1 Å². The van der Waals surface area contributed by atoms with Crippen LogP contribution in [-0.2, 0) is 16.1 Å². The van der Waals surface area contributed by atoms with Crippen molar-refractivity contribution in [2.75, 3.05) is 11.9 Å². The van der Waals surface area contributed by atoms with Crippen LogP contribution >= 0.6 is 11.3 Å². The number of halogens is 3. The lowest BCUT2D eigenvalue weighted by atomic mass is 10.0. The summed E-state index contributed by atoms with van der Waals surface area (Å²) in [6.45, 7) is 4.90. The Kier molecular flexibility index (Phi) is 7.86. The summed E-state index contributed by atoms with van der Waals surface area (Å²) in [5.74, 6) is -1.09. The van der Waals surface area contributed by atoms with Gasteiger partial charge in [-0.25, -0.2) is 9.78 Å². The predicted molar refractivity (Wildman–Crippen MR) is 124 cm³/mol. The van der Waals surface area contributed by atoms with E-state index in [1.807, 2.05) is 30.3 Å². The average molecular weight is 512 g/mol. The first-order valence-corrected chi connectivity index (χ1v) is 11.3. The Hall–Kier alpha value is -3.38. The third-order valence-electron chi connectivity index (χ3n) is 4.75. The number of fused-ring (bicyclic) bond motifs is 1. The standard InChI is InChI=1S/C23H24F3N3O5S/c1-22(2,3)29(21(31)32)17(13-33-12-14-7-5-4-6-8-14)19(30)28-20-27-16-10-9-15(11-18(16)35-20)34-23(24,25)26/h4-11,17H,12-13H2,1-3H3,(H,31,32)(H,27,28,30)/t17-/m0/s1. The number of benzene rings is 2. The Morgan fingerprint density at radius 1 is 1.14 bits per heavy atom. The van der Waals surface area contributed by atoms with E-state index in [2.05, 4.69) is 15.0 Å². The predicted octanol–water partition coefficient (Wildman–Crippen LogP) is 5.50. The second-order valence-corrected chi connectivity index (χ2v) is 9.56. The molecular weight excluding hydrogens is 487 g/mol. The highest BCUT2D eigenvalue weighted by atomic mass is 32.1. The van der Waals surface area contributed by atoms with E-state index in [0.717, 1.165) is 33.9 Å². The van der Waals surface area contributed by atoms with Crippen LogP contribution < -0.4 is 10.1 Å². The summed E-state index contributed by atoms with van der Waals surface area (Å²) in [5.41, 5.74) is 0.274. The number of rotatable bonds is 8. The van der Waals surface area contributed by atoms with Crippen molar-refractivity contribution in [3.8, 4) is 5.75 Å². The highest BCUT2D eigenvalue weighted by Crippen LogP contribution is 2.32. The summed E-state index contributed by atoms with van der Waals surface area (Å²) in [6, 6.07) is 11.6. The third kappa shape index (κ3) is 7.30. The number of thiazole rings is 1. The maximum atomic E-state index is 13.2. The molecule has 2 amide bonds. The van der Waals surface area contributed by atoms with Crippen molar-refractivity contribution in [2.24, 2.45) is 0 Å². The highest BCUT2D eigenvalue weighted by molar-refractivity contribution is 7.22. The molecule has 0 fully saturated rings. The van der Waals surface area contributed by atoms with E-state index in [1.165, 1.54) is 6.07 Å². The van der Waals surface area contributed by atoms with Crippen LogP contribution in [0, 0.1) is 0 Å². The van der Waals surface area contributed by atoms with Gasteiger partial charge in [-0.1, -0.05) is 41.7 Å². The van der Waals surface area contributed by atoms with Gasteiger partial charge in [0.15, 0.2) is 5.13 Å². The Morgan fingerprint density at radius 3 is 2.43 bits per heavy atom. The maximum Gasteiger partial charge on any atom is 0.573 e. The summed E-state index contributed by atoms with van der Waals surface area (Å²) >= 11 is 0.934. The van der Waals surface area contributed by atoms with E-state index >= 15 is 0 Å². The molecule has 0 spiro atoms. The molecule has 0 saturated heterocycles. The number of nitrogens with zero attached hydrogens (tertiary/aromatic N) is 2. The van der Waals surface area contributed by atoms with Crippen molar-refractivity contribution >= 4 is 38.7 Å². The Bertz CT molecular complexity index is 1180. The second-order valence-electron chi connectivity index (χ2n) is 8.53. The fraction of sp³-hybridized carbons (Fsp3) is 0.348. The minimum Gasteiger partial charge on any atom is -0.465 e. The van der Waals surface area contributed by atoms with Gasteiger partial charge in [0.05, 0.1) is 23.4 Å². The van der Waals surface area contributed by atoms with Crippen molar-refractivity contribution < 1.29 is 37.3 Å². The Morgan fingerprint density at radius 2 is 1.83 bits per heavy atom. The number of anilines is 1. The van der Waals surface area contributed by atoms with Crippen molar-refractivity contribution in [1.82, 2.24) is 9.88 Å². The first-order valence-electron chi connectivity index (χ1n) is 10.4. The molecule has 1 aromatic heterocycles. The van der Waals surface area contributed by atoms with Gasteiger partial charge in [-0.05, 0) is 38.5 Å². The maximum absolute atomic E-state index is 13.2. The largest absolute Gasteiger partial charge is 0.573 e. The van der Waals surface area contributed by atoms with Crippen molar-refractivity contribution in [3.63, 3.8) is 0 Å². The van der Waals surface area contributed by atoms with Crippen LogP contribution in [0.3, 0.4) is 0 Å². The van der Waals surface area contributed by atoms with Crippen LogP contribution in [-0.4, -0.2) is 51.5 Å². The summed E-state index contributed by atoms with van der Waals surface area (Å²) in [6.07, 6.45) is -6.14. The molecule has 0 radical (unpaired) electrons. The van der Waals surface area contributed by atoms with E-state index < -0.39 is 35.7 Å². The molecule has 3 aromatic rings. The summed E-state index contributed by atoms with van der Waals surface area (Å²) < 4.78 is 47.4. The number of hydrogen-bond donors (Lipinski definition) is 2. The van der Waals surface area contributed by atoms with Crippen LogP contribution in [0.25, 0.3) is 10.2 Å². The molecule has 0 unspecified atom stereocenters. The summed E-state index contributed by atoms with van der Waals surface area (Å²) in [4.78, 5) is 30.4. The van der Waals surface area contributed by atoms with E-state index in [4.69, 9.17) is 4.74 Å². The van der Waals surface area contributed by atoms with Gasteiger partial charge in [0.25, 0.3) is 5.91 Å². The second kappa shape index (κ2) is 10.5. The van der Waals surface area contributed by atoms with Gasteiger partial charge in [-0.2, -0.15) is 0 Å². The lowest BCUT2D eigenvalue weighted by Crippen LogP contribution is -2.57. The molecule has 8 nitrogen and oxygen atoms in total. The van der Waals surface area contributed by atoms with E-state index in [0.29, 0.717) is 10.2 Å². The van der Waals surface area contributed by atoms with E-state index in [1.54, 1.807) is 20.8 Å². The molecule has 1 atom stereocenters. The molecule has 2 N–H and O–H groups in total.